The first-order valence-corrected chi connectivity index (χ1v) is 4.97. The monoisotopic (exact) mass is 219 g/mol. The number of nitro groups is 1. The maximum absolute atomic E-state index is 10.7. The van der Waals surface area contributed by atoms with Crippen LogP contribution < -0.4 is 5.30 Å². The average molecular weight is 219 g/mol. The van der Waals surface area contributed by atoms with Crippen LogP contribution in [0.5, 0.6) is 5.75 Å². The molecule has 0 aromatic heterocycles. The highest BCUT2D eigenvalue weighted by Crippen LogP contribution is 2.37. The van der Waals surface area contributed by atoms with Crippen molar-refractivity contribution in [1.82, 2.24) is 0 Å². The Kier molecular flexibility index (Phi) is 2.57. The second kappa shape index (κ2) is 3.38. The molecule has 0 radical (unpaired) electrons. The number of phenols is 1. The van der Waals surface area contributed by atoms with Crippen LogP contribution in [0.15, 0.2) is 18.2 Å². The summed E-state index contributed by atoms with van der Waals surface area (Å²) in [5.74, 6) is -0.785. The molecule has 0 spiro atoms. The number of phenolic OH excluding ortho intramolecular Hbond substituents is 1. The van der Waals surface area contributed by atoms with E-state index in [4.69, 9.17) is 14.9 Å². The van der Waals surface area contributed by atoms with E-state index >= 15 is 0 Å². The summed E-state index contributed by atoms with van der Waals surface area (Å²) in [5, 5.41) is 18.7. The van der Waals surface area contributed by atoms with Gasteiger partial charge in [0.25, 0.3) is 5.69 Å². The number of hydrogen-bond donors (Lipinski definition) is 3. The number of benzene rings is 1. The van der Waals surface area contributed by atoms with Crippen LogP contribution in [0.3, 0.4) is 0 Å². The van der Waals surface area contributed by atoms with Gasteiger partial charge in [-0.25, -0.2) is 0 Å². The van der Waals surface area contributed by atoms with Crippen molar-refractivity contribution in [3.05, 3.63) is 28.3 Å². The minimum absolute atomic E-state index is 0.431. The lowest BCUT2D eigenvalue weighted by atomic mass is 10.3. The van der Waals surface area contributed by atoms with Crippen LogP contribution >= 0.6 is 7.60 Å². The van der Waals surface area contributed by atoms with E-state index in [9.17, 15) is 14.7 Å². The molecule has 1 rings (SSSR count). The molecule has 76 valence electrons. The molecule has 0 bridgehead atoms. The van der Waals surface area contributed by atoms with Gasteiger partial charge in [-0.05, 0) is 6.07 Å². The van der Waals surface area contributed by atoms with Crippen LogP contribution in [0.1, 0.15) is 0 Å². The molecular formula is C6H6NO6P. The number of nitrogens with zero attached hydrogens (tertiary/aromatic N) is 1. The van der Waals surface area contributed by atoms with Gasteiger partial charge in [0, 0.05) is 6.07 Å². The molecule has 1 aromatic carbocycles. The van der Waals surface area contributed by atoms with Gasteiger partial charge in [0.15, 0.2) is 0 Å². The zero-order chi connectivity index (χ0) is 10.9. The minimum atomic E-state index is -4.58. The van der Waals surface area contributed by atoms with Crippen LogP contribution in [0.2, 0.25) is 0 Å². The molecule has 0 heterocycles. The van der Waals surface area contributed by atoms with E-state index in [1.54, 1.807) is 0 Å². The van der Waals surface area contributed by atoms with Gasteiger partial charge in [0.05, 0.1) is 11.0 Å². The van der Waals surface area contributed by atoms with Gasteiger partial charge in [-0.15, -0.1) is 0 Å². The molecular weight excluding hydrogens is 213 g/mol. The fourth-order valence-corrected chi connectivity index (χ4v) is 1.50. The quantitative estimate of drug-likeness (QED) is 0.368. The lowest BCUT2D eigenvalue weighted by Gasteiger charge is -2.05. The molecule has 0 aliphatic heterocycles. The number of rotatable bonds is 2. The van der Waals surface area contributed by atoms with Crippen LogP contribution in [-0.4, -0.2) is 19.8 Å². The highest BCUT2D eigenvalue weighted by atomic mass is 31.2. The average Bonchev–Trinajstić information content (AvgIpc) is 2.01. The molecule has 0 saturated heterocycles. The predicted molar refractivity (Wildman–Crippen MR) is 46.4 cm³/mol. The van der Waals surface area contributed by atoms with Crippen molar-refractivity contribution >= 4 is 18.6 Å². The van der Waals surface area contributed by atoms with Crippen molar-refractivity contribution in [2.24, 2.45) is 0 Å². The van der Waals surface area contributed by atoms with E-state index < -0.39 is 29.3 Å². The molecule has 0 unspecified atom stereocenters. The molecule has 1 aromatic rings. The maximum Gasteiger partial charge on any atom is 0.359 e. The molecule has 3 N–H and O–H groups in total. The van der Waals surface area contributed by atoms with E-state index in [-0.39, 0.29) is 0 Å². The van der Waals surface area contributed by atoms with E-state index in [0.29, 0.717) is 6.07 Å². The molecule has 0 aliphatic rings. The predicted octanol–water partition coefficient (Wildman–Crippen LogP) is 0.103. The van der Waals surface area contributed by atoms with E-state index in [1.165, 1.54) is 0 Å². The summed E-state index contributed by atoms with van der Waals surface area (Å²) in [7, 11) is -4.58. The van der Waals surface area contributed by atoms with E-state index in [0.717, 1.165) is 12.1 Å². The molecule has 7 nitrogen and oxygen atoms in total. The fourth-order valence-electron chi connectivity index (χ4n) is 0.872. The van der Waals surface area contributed by atoms with Gasteiger partial charge in [-0.1, -0.05) is 0 Å². The number of aromatic hydroxyl groups is 1. The summed E-state index contributed by atoms with van der Waals surface area (Å²) in [4.78, 5) is 26.8. The first kappa shape index (κ1) is 10.6. The summed E-state index contributed by atoms with van der Waals surface area (Å²) < 4.78 is 10.7. The number of hydrogen-bond acceptors (Lipinski definition) is 4. The molecule has 14 heavy (non-hydrogen) atoms. The van der Waals surface area contributed by atoms with Crippen molar-refractivity contribution in [2.45, 2.75) is 0 Å². The third-order valence-corrected chi connectivity index (χ3v) is 2.49. The van der Waals surface area contributed by atoms with Crippen LogP contribution in [0.25, 0.3) is 0 Å². The third kappa shape index (κ3) is 2.08. The minimum Gasteiger partial charge on any atom is -0.507 e. The zero-order valence-electron chi connectivity index (χ0n) is 6.69. The Balaban J connectivity index is 3.28. The third-order valence-electron chi connectivity index (χ3n) is 1.48. The lowest BCUT2D eigenvalue weighted by Crippen LogP contribution is -2.04. The topological polar surface area (TPSA) is 121 Å². The lowest BCUT2D eigenvalue weighted by molar-refractivity contribution is -0.384. The normalized spacial score (nSPS) is 11.3. The Bertz CT molecular complexity index is 424. The van der Waals surface area contributed by atoms with Crippen LogP contribution in [0, 0.1) is 10.1 Å². The molecule has 0 saturated carbocycles. The number of non-ortho nitro benzene ring substituents is 1. The Labute approximate surface area is 77.9 Å². The van der Waals surface area contributed by atoms with Gasteiger partial charge in [0.2, 0.25) is 0 Å². The molecule has 0 fully saturated rings. The largest absolute Gasteiger partial charge is 0.507 e. The summed E-state index contributed by atoms with van der Waals surface area (Å²) in [6, 6.07) is 2.43. The van der Waals surface area contributed by atoms with Crippen LogP contribution in [-0.2, 0) is 4.57 Å². The SMILES string of the molecule is O=[N+]([O-])c1ccc(P(=O)(O)O)c(O)c1. The molecule has 0 aliphatic carbocycles. The molecule has 0 amide bonds. The van der Waals surface area contributed by atoms with Crippen molar-refractivity contribution in [1.29, 1.82) is 0 Å². The Morgan fingerprint density at radius 2 is 1.93 bits per heavy atom. The summed E-state index contributed by atoms with van der Waals surface area (Å²) in [5.41, 5.74) is -0.431. The smallest absolute Gasteiger partial charge is 0.359 e. The van der Waals surface area contributed by atoms with E-state index in [2.05, 4.69) is 0 Å². The van der Waals surface area contributed by atoms with Gasteiger partial charge in [0.1, 0.15) is 11.1 Å². The zero-order valence-corrected chi connectivity index (χ0v) is 7.59. The van der Waals surface area contributed by atoms with Crippen molar-refractivity contribution < 1.29 is 24.4 Å². The highest BCUT2D eigenvalue weighted by molar-refractivity contribution is 7.60. The Morgan fingerprint density at radius 3 is 2.29 bits per heavy atom. The summed E-state index contributed by atoms with van der Waals surface area (Å²) >= 11 is 0. The van der Waals surface area contributed by atoms with E-state index in [1.807, 2.05) is 0 Å². The summed E-state index contributed by atoms with van der Waals surface area (Å²) in [6.07, 6.45) is 0. The second-order valence-electron chi connectivity index (χ2n) is 2.47. The van der Waals surface area contributed by atoms with Gasteiger partial charge in [-0.3, -0.25) is 14.7 Å². The summed E-state index contributed by atoms with van der Waals surface area (Å²) in [6.45, 7) is 0. The van der Waals surface area contributed by atoms with Crippen molar-refractivity contribution in [2.75, 3.05) is 0 Å². The van der Waals surface area contributed by atoms with Crippen molar-refractivity contribution in [3.63, 3.8) is 0 Å². The standard InChI is InChI=1S/C6H6NO6P/c8-5-3-4(7(9)10)1-2-6(5)14(11,12)13/h1-3,8H,(H2,11,12,13). The molecule has 8 heteroatoms. The Hall–Kier alpha value is -1.43. The van der Waals surface area contributed by atoms with Gasteiger partial charge < -0.3 is 14.9 Å². The first-order chi connectivity index (χ1) is 6.32. The Morgan fingerprint density at radius 1 is 1.36 bits per heavy atom. The molecule has 0 atom stereocenters. The van der Waals surface area contributed by atoms with Gasteiger partial charge >= 0.3 is 7.60 Å². The fraction of sp³-hybridized carbons (Fsp3) is 0. The maximum atomic E-state index is 10.7. The number of nitro benzene ring substituents is 1. The van der Waals surface area contributed by atoms with Crippen LogP contribution in [0.4, 0.5) is 5.69 Å². The first-order valence-electron chi connectivity index (χ1n) is 3.36. The highest BCUT2D eigenvalue weighted by Gasteiger charge is 2.23. The second-order valence-corrected chi connectivity index (χ2v) is 4.04. The van der Waals surface area contributed by atoms with Crippen molar-refractivity contribution in [3.8, 4) is 5.75 Å². The van der Waals surface area contributed by atoms with Gasteiger partial charge in [-0.2, -0.15) is 0 Å².